The molecule has 0 bridgehead atoms. The van der Waals surface area contributed by atoms with E-state index in [0.717, 1.165) is 15.6 Å². The fourth-order valence-corrected chi connectivity index (χ4v) is 5.68. The minimum atomic E-state index is -1.49. The van der Waals surface area contributed by atoms with Crippen molar-refractivity contribution in [1.29, 1.82) is 0 Å². The number of carbonyl (C=O) groups excluding carboxylic acids is 1. The summed E-state index contributed by atoms with van der Waals surface area (Å²) in [6.45, 7) is 2.97. The number of nitrogens with zero attached hydrogens (tertiary/aromatic N) is 4. The van der Waals surface area contributed by atoms with Crippen molar-refractivity contribution in [2.24, 2.45) is 10.1 Å². The molecule has 0 radical (unpaired) electrons. The van der Waals surface area contributed by atoms with E-state index in [1.807, 2.05) is 49.4 Å². The normalized spacial score (nSPS) is 17.0. The second kappa shape index (κ2) is 15.6. The SMILES string of the molecule is Cc1ccc(CCNNC(=O)[C@@]2(Cc3ccccc3Br)N=C(c3ccc(OCCCO)cc3)O[C@H]2c2ccccc2N=[N+]=[N-])cc1. The van der Waals surface area contributed by atoms with Gasteiger partial charge in [-0.1, -0.05) is 93.3 Å². The summed E-state index contributed by atoms with van der Waals surface area (Å²) in [6, 6.07) is 30.2. The molecule has 1 amide bonds. The van der Waals surface area contributed by atoms with Crippen molar-refractivity contribution < 1.29 is 19.4 Å². The van der Waals surface area contributed by atoms with Crippen molar-refractivity contribution in [3.8, 4) is 5.75 Å². The average Bonchev–Trinajstić information content (AvgIpc) is 3.46. The van der Waals surface area contributed by atoms with Crippen LogP contribution in [0.5, 0.6) is 5.75 Å². The van der Waals surface area contributed by atoms with Crippen LogP contribution in [0.1, 0.15) is 40.3 Å². The van der Waals surface area contributed by atoms with Gasteiger partial charge in [-0.2, -0.15) is 0 Å². The molecule has 11 heteroatoms. The molecule has 0 unspecified atom stereocenters. The lowest BCUT2D eigenvalue weighted by molar-refractivity contribution is -0.130. The molecule has 0 fully saturated rings. The van der Waals surface area contributed by atoms with E-state index in [4.69, 9.17) is 19.6 Å². The zero-order valence-corrected chi connectivity index (χ0v) is 27.0. The Labute approximate surface area is 276 Å². The van der Waals surface area contributed by atoms with Gasteiger partial charge in [0.2, 0.25) is 5.90 Å². The molecule has 3 N–H and O–H groups in total. The van der Waals surface area contributed by atoms with Crippen LogP contribution in [0.4, 0.5) is 5.69 Å². The largest absolute Gasteiger partial charge is 0.494 e. The minimum Gasteiger partial charge on any atom is -0.494 e. The molecule has 46 heavy (non-hydrogen) atoms. The molecule has 4 aromatic carbocycles. The average molecular weight is 684 g/mol. The summed E-state index contributed by atoms with van der Waals surface area (Å²) in [5.41, 5.74) is 18.6. The van der Waals surface area contributed by atoms with Gasteiger partial charge >= 0.3 is 0 Å². The summed E-state index contributed by atoms with van der Waals surface area (Å²) in [7, 11) is 0. The zero-order valence-electron chi connectivity index (χ0n) is 25.4. The summed E-state index contributed by atoms with van der Waals surface area (Å²) in [4.78, 5) is 22.5. The number of halogens is 1. The molecule has 0 spiro atoms. The maximum Gasteiger partial charge on any atom is 0.266 e. The van der Waals surface area contributed by atoms with E-state index < -0.39 is 17.6 Å². The standard InChI is InChI=1S/C35H35BrN6O4/c1-24-11-13-25(14-12-24)19-20-38-41-34(44)35(23-27-7-2-4-9-30(27)36)32(29-8-3-5-10-31(29)40-42-37)46-33(39-35)26-15-17-28(18-16-26)45-22-6-21-43/h2-5,7-18,32,38,43H,6,19-23H2,1H3,(H,41,44)/t32-,35-/m0/s1. The van der Waals surface area contributed by atoms with Crippen LogP contribution in [-0.4, -0.2) is 42.2 Å². The van der Waals surface area contributed by atoms with Gasteiger partial charge in [0, 0.05) is 52.2 Å². The predicted molar refractivity (Wildman–Crippen MR) is 181 cm³/mol. The molecule has 1 aliphatic heterocycles. The van der Waals surface area contributed by atoms with Crippen LogP contribution in [-0.2, 0) is 22.4 Å². The summed E-state index contributed by atoms with van der Waals surface area (Å²) in [6.07, 6.45) is 0.477. The van der Waals surface area contributed by atoms with E-state index in [-0.39, 0.29) is 18.9 Å². The van der Waals surface area contributed by atoms with Crippen LogP contribution in [0.25, 0.3) is 10.4 Å². The molecule has 1 heterocycles. The number of rotatable bonds is 14. The third-order valence-electron chi connectivity index (χ3n) is 7.68. The second-order valence-corrected chi connectivity index (χ2v) is 11.8. The molecule has 10 nitrogen and oxygen atoms in total. The number of hydrogen-bond acceptors (Lipinski definition) is 7. The van der Waals surface area contributed by atoms with Crippen molar-refractivity contribution >= 4 is 33.4 Å². The zero-order chi connectivity index (χ0) is 32.4. The molecule has 0 saturated heterocycles. The van der Waals surface area contributed by atoms with Gasteiger partial charge < -0.3 is 14.6 Å². The molecule has 0 saturated carbocycles. The van der Waals surface area contributed by atoms with Gasteiger partial charge in [0.15, 0.2) is 11.6 Å². The van der Waals surface area contributed by atoms with E-state index in [1.54, 1.807) is 30.3 Å². The molecule has 5 rings (SSSR count). The van der Waals surface area contributed by atoms with E-state index >= 15 is 0 Å². The molecule has 4 aromatic rings. The number of azide groups is 1. The van der Waals surface area contributed by atoms with Gasteiger partial charge in [0.25, 0.3) is 5.91 Å². The van der Waals surface area contributed by atoms with Crippen molar-refractivity contribution in [1.82, 2.24) is 10.9 Å². The maximum atomic E-state index is 14.4. The molecule has 0 aromatic heterocycles. The smallest absolute Gasteiger partial charge is 0.266 e. The number of ether oxygens (including phenoxy) is 2. The van der Waals surface area contributed by atoms with Crippen LogP contribution >= 0.6 is 15.9 Å². The number of hydrazine groups is 1. The monoisotopic (exact) mass is 682 g/mol. The van der Waals surface area contributed by atoms with Gasteiger partial charge in [0.1, 0.15) is 5.75 Å². The Morgan fingerprint density at radius 2 is 1.80 bits per heavy atom. The summed E-state index contributed by atoms with van der Waals surface area (Å²) < 4.78 is 13.1. The molecular formula is C35H35BrN6O4. The highest BCUT2D eigenvalue weighted by atomic mass is 79.9. The van der Waals surface area contributed by atoms with E-state index in [1.165, 1.54) is 5.56 Å². The Hall–Kier alpha value is -4.67. The van der Waals surface area contributed by atoms with Crippen molar-refractivity contribution in [3.05, 3.63) is 140 Å². The Kier molecular flexibility index (Phi) is 11.1. The van der Waals surface area contributed by atoms with Crippen LogP contribution in [0.2, 0.25) is 0 Å². The highest BCUT2D eigenvalue weighted by Crippen LogP contribution is 2.46. The topological polar surface area (TPSA) is 141 Å². The Morgan fingerprint density at radius 3 is 2.54 bits per heavy atom. The van der Waals surface area contributed by atoms with E-state index in [0.29, 0.717) is 48.6 Å². The lowest BCUT2D eigenvalue weighted by Crippen LogP contribution is -2.54. The number of nitrogens with one attached hydrogen (secondary N) is 2. The van der Waals surface area contributed by atoms with E-state index in [9.17, 15) is 10.3 Å². The summed E-state index contributed by atoms with van der Waals surface area (Å²) >= 11 is 3.65. The summed E-state index contributed by atoms with van der Waals surface area (Å²) in [5.74, 6) is 0.507. The van der Waals surface area contributed by atoms with Gasteiger partial charge in [-0.15, -0.1) is 0 Å². The second-order valence-electron chi connectivity index (χ2n) is 10.9. The highest BCUT2D eigenvalue weighted by Gasteiger charge is 2.54. The first-order valence-electron chi connectivity index (χ1n) is 15.0. The number of aliphatic imine (C=N–C) groups is 1. The maximum absolute atomic E-state index is 14.4. The lowest BCUT2D eigenvalue weighted by atomic mass is 9.81. The number of aliphatic hydroxyl groups is 1. The van der Waals surface area contributed by atoms with Gasteiger partial charge in [0.05, 0.1) is 6.61 Å². The third kappa shape index (κ3) is 7.75. The first-order chi connectivity index (χ1) is 22.4. The van der Waals surface area contributed by atoms with Crippen LogP contribution in [0.3, 0.4) is 0 Å². The van der Waals surface area contributed by atoms with Gasteiger partial charge in [-0.05, 0) is 60.3 Å². The number of carbonyl (C=O) groups is 1. The molecular weight excluding hydrogens is 648 g/mol. The first-order valence-corrected chi connectivity index (χ1v) is 15.8. The Bertz CT molecular complexity index is 1720. The van der Waals surface area contributed by atoms with Crippen LogP contribution in [0, 0.1) is 6.92 Å². The van der Waals surface area contributed by atoms with Gasteiger partial charge in [-0.3, -0.25) is 10.2 Å². The Morgan fingerprint density at radius 1 is 1.07 bits per heavy atom. The minimum absolute atomic E-state index is 0.0456. The van der Waals surface area contributed by atoms with Crippen LogP contribution in [0.15, 0.2) is 112 Å². The molecule has 2 atom stereocenters. The number of aliphatic hydroxyl groups excluding tert-OH is 1. The number of hydrogen-bond donors (Lipinski definition) is 3. The predicted octanol–water partition coefficient (Wildman–Crippen LogP) is 6.82. The number of benzene rings is 4. The highest BCUT2D eigenvalue weighted by molar-refractivity contribution is 9.10. The fraction of sp³-hybridized carbons (Fsp3) is 0.257. The fourth-order valence-electron chi connectivity index (χ4n) is 5.25. The Balaban J connectivity index is 1.53. The number of amides is 1. The van der Waals surface area contributed by atoms with E-state index in [2.05, 4.69) is 61.1 Å². The van der Waals surface area contributed by atoms with Crippen molar-refractivity contribution in [3.63, 3.8) is 0 Å². The van der Waals surface area contributed by atoms with Gasteiger partial charge in [-0.25, -0.2) is 10.4 Å². The third-order valence-corrected chi connectivity index (χ3v) is 8.45. The molecule has 0 aliphatic carbocycles. The molecule has 236 valence electrons. The lowest BCUT2D eigenvalue weighted by Gasteiger charge is -2.31. The van der Waals surface area contributed by atoms with Crippen LogP contribution < -0.4 is 15.6 Å². The quantitative estimate of drug-likeness (QED) is 0.0440. The first kappa shape index (κ1) is 32.7. The molecule has 1 aliphatic rings. The summed E-state index contributed by atoms with van der Waals surface area (Å²) in [5, 5.41) is 13.0. The number of aryl methyl sites for hydroxylation is 1. The van der Waals surface area contributed by atoms with Crippen molar-refractivity contribution in [2.45, 2.75) is 37.8 Å². The van der Waals surface area contributed by atoms with Crippen molar-refractivity contribution in [2.75, 3.05) is 19.8 Å².